The van der Waals surface area contributed by atoms with Gasteiger partial charge in [-0.25, -0.2) is 0 Å². The third-order valence-electron chi connectivity index (χ3n) is 10.8. The molecular weight excluding hydrogens is 669 g/mol. The van der Waals surface area contributed by atoms with Crippen LogP contribution in [0.15, 0.2) is 176 Å². The topological polar surface area (TPSA) is 14.4 Å². The Labute approximate surface area is 325 Å². The number of nitrogens with zero attached hydrogens (tertiary/aromatic N) is 4. The molecule has 0 N–H and O–H groups in total. The van der Waals surface area contributed by atoms with Crippen molar-refractivity contribution in [3.8, 4) is 11.3 Å². The third-order valence-corrected chi connectivity index (χ3v) is 10.8. The lowest BCUT2D eigenvalue weighted by molar-refractivity contribution is -0.400. The van der Waals surface area contributed by atoms with Gasteiger partial charge in [-0.05, 0) is 76.4 Å². The number of allylic oxidation sites excluding steroid dienone is 5. The van der Waals surface area contributed by atoms with Crippen LogP contribution in [0.25, 0.3) is 38.9 Å². The van der Waals surface area contributed by atoms with Crippen LogP contribution >= 0.6 is 0 Å². The quantitative estimate of drug-likeness (QED) is 0.109. The minimum atomic E-state index is 1.16. The molecule has 1 aromatic heterocycles. The highest BCUT2D eigenvalue weighted by Crippen LogP contribution is 2.46. The lowest BCUT2D eigenvalue weighted by Crippen LogP contribution is -2.11. The standard InChI is InChI=1S/C51H47N4/c1-52(2)40-32-28-36(29-33-40)42(37-30-34-41(35-31-37)53(3)4)24-17-25-45(48-43-22-13-15-26-46(43)54(5)50(48)38-18-9-7-10-19-38)49-44-23-14-16-27-47(44)55(6)51(49)39-20-11-8-12-21-39/h7-35H,1-6H3/q+1. The highest BCUT2D eigenvalue weighted by atomic mass is 15.1. The van der Waals surface area contributed by atoms with Gasteiger partial charge in [0.05, 0.1) is 16.8 Å². The molecular formula is C51H47N4+. The fourth-order valence-corrected chi connectivity index (χ4v) is 7.97. The highest BCUT2D eigenvalue weighted by molar-refractivity contribution is 6.39. The molecule has 0 bridgehead atoms. The van der Waals surface area contributed by atoms with E-state index in [1.807, 2.05) is 0 Å². The second-order valence-electron chi connectivity index (χ2n) is 14.6. The predicted octanol–water partition coefficient (Wildman–Crippen LogP) is 11.4. The second-order valence-corrected chi connectivity index (χ2v) is 14.6. The monoisotopic (exact) mass is 715 g/mol. The molecule has 0 spiro atoms. The molecule has 4 nitrogen and oxygen atoms in total. The SMILES string of the molecule is CN(C)c1ccc(C(=C/C=C/C(=C2\C(c3ccccc3)=[N+](C)c3ccccc32)c2c(-c3ccccc3)n(C)c3ccccc23)c2ccc(N(C)C)cc2)cc1. The van der Waals surface area contributed by atoms with Gasteiger partial charge in [0.15, 0.2) is 0 Å². The molecule has 55 heavy (non-hydrogen) atoms. The van der Waals surface area contributed by atoms with Crippen LogP contribution in [0.1, 0.15) is 27.8 Å². The Morgan fingerprint density at radius 2 is 1.11 bits per heavy atom. The molecule has 0 atom stereocenters. The first-order valence-electron chi connectivity index (χ1n) is 18.9. The first-order valence-corrected chi connectivity index (χ1v) is 18.9. The lowest BCUT2D eigenvalue weighted by Gasteiger charge is -2.16. The molecule has 0 radical (unpaired) electrons. The van der Waals surface area contributed by atoms with Crippen LogP contribution in [-0.4, -0.2) is 50.1 Å². The zero-order chi connectivity index (χ0) is 38.1. The summed E-state index contributed by atoms with van der Waals surface area (Å²) in [6.45, 7) is 0. The zero-order valence-electron chi connectivity index (χ0n) is 32.5. The highest BCUT2D eigenvalue weighted by Gasteiger charge is 2.36. The minimum absolute atomic E-state index is 1.16. The first kappa shape index (κ1) is 35.4. The molecule has 270 valence electrons. The van der Waals surface area contributed by atoms with Gasteiger partial charge < -0.3 is 14.4 Å². The average Bonchev–Trinajstić information content (AvgIpc) is 3.69. The van der Waals surface area contributed by atoms with E-state index in [1.54, 1.807) is 0 Å². The summed E-state index contributed by atoms with van der Waals surface area (Å²) in [5.41, 5.74) is 17.8. The molecule has 0 saturated carbocycles. The Morgan fingerprint density at radius 1 is 0.582 bits per heavy atom. The van der Waals surface area contributed by atoms with E-state index in [1.165, 1.54) is 83.9 Å². The summed E-state index contributed by atoms with van der Waals surface area (Å²) in [7, 11) is 12.7. The molecule has 0 fully saturated rings. The lowest BCUT2D eigenvalue weighted by atomic mass is 9.87. The maximum absolute atomic E-state index is 2.36. The van der Waals surface area contributed by atoms with Crippen molar-refractivity contribution in [3.63, 3.8) is 0 Å². The number of aromatic nitrogens is 1. The number of para-hydroxylation sites is 2. The molecule has 0 aliphatic carbocycles. The predicted molar refractivity (Wildman–Crippen MR) is 236 cm³/mol. The van der Waals surface area contributed by atoms with E-state index in [0.29, 0.717) is 0 Å². The van der Waals surface area contributed by atoms with Crippen molar-refractivity contribution in [3.05, 3.63) is 204 Å². The van der Waals surface area contributed by atoms with Gasteiger partial charge in [0.1, 0.15) is 7.05 Å². The van der Waals surface area contributed by atoms with Crippen molar-refractivity contribution in [1.29, 1.82) is 0 Å². The summed E-state index contributed by atoms with van der Waals surface area (Å²) in [6, 6.07) is 57.0. The summed E-state index contributed by atoms with van der Waals surface area (Å²) in [5, 5.41) is 1.22. The summed E-state index contributed by atoms with van der Waals surface area (Å²) >= 11 is 0. The Bertz CT molecular complexity index is 2560. The molecule has 1 aliphatic heterocycles. The molecule has 8 rings (SSSR count). The third kappa shape index (κ3) is 6.61. The Morgan fingerprint density at radius 3 is 1.71 bits per heavy atom. The van der Waals surface area contributed by atoms with Crippen molar-refractivity contribution < 1.29 is 4.58 Å². The van der Waals surface area contributed by atoms with Crippen LogP contribution in [0.2, 0.25) is 0 Å². The Kier molecular flexibility index (Phi) is 9.65. The van der Waals surface area contributed by atoms with Crippen molar-refractivity contribution in [1.82, 2.24) is 4.57 Å². The largest absolute Gasteiger partial charge is 0.378 e. The van der Waals surface area contributed by atoms with Crippen LogP contribution in [0, 0.1) is 0 Å². The van der Waals surface area contributed by atoms with Gasteiger partial charge in [-0.1, -0.05) is 121 Å². The number of hydrogen-bond acceptors (Lipinski definition) is 2. The van der Waals surface area contributed by atoms with Crippen molar-refractivity contribution in [2.45, 2.75) is 0 Å². The first-order chi connectivity index (χ1) is 26.8. The van der Waals surface area contributed by atoms with Crippen LogP contribution < -0.4 is 9.80 Å². The molecule has 2 heterocycles. The van der Waals surface area contributed by atoms with Gasteiger partial charge in [0.25, 0.3) is 0 Å². The summed E-state index contributed by atoms with van der Waals surface area (Å²) in [6.07, 6.45) is 6.90. The van der Waals surface area contributed by atoms with Crippen molar-refractivity contribution in [2.24, 2.45) is 7.05 Å². The van der Waals surface area contributed by atoms with Crippen LogP contribution in [-0.2, 0) is 7.05 Å². The van der Waals surface area contributed by atoms with E-state index in [0.717, 1.165) is 5.57 Å². The van der Waals surface area contributed by atoms with Crippen molar-refractivity contribution >= 4 is 50.4 Å². The van der Waals surface area contributed by atoms with Gasteiger partial charge in [-0.3, -0.25) is 0 Å². The van der Waals surface area contributed by atoms with Gasteiger partial charge in [-0.2, -0.15) is 4.58 Å². The van der Waals surface area contributed by atoms with Gasteiger partial charge >= 0.3 is 0 Å². The van der Waals surface area contributed by atoms with Crippen LogP contribution in [0.3, 0.4) is 0 Å². The molecule has 4 heteroatoms. The Hall–Kier alpha value is -6.65. The van der Waals surface area contributed by atoms with Gasteiger partial charge in [-0.15, -0.1) is 0 Å². The maximum atomic E-state index is 2.36. The molecule has 6 aromatic carbocycles. The van der Waals surface area contributed by atoms with Gasteiger partial charge in [0, 0.05) is 74.7 Å². The van der Waals surface area contributed by atoms with E-state index >= 15 is 0 Å². The number of aryl methyl sites for hydroxylation is 1. The van der Waals surface area contributed by atoms with Crippen LogP contribution in [0.4, 0.5) is 17.1 Å². The second kappa shape index (κ2) is 15.0. The number of benzene rings is 6. The molecule has 1 aliphatic rings. The molecule has 7 aromatic rings. The van der Waals surface area contributed by atoms with Crippen LogP contribution in [0.5, 0.6) is 0 Å². The maximum Gasteiger partial charge on any atom is 0.221 e. The number of rotatable bonds is 9. The van der Waals surface area contributed by atoms with Gasteiger partial charge in [0.2, 0.25) is 11.4 Å². The number of fused-ring (bicyclic) bond motifs is 2. The molecule has 0 unspecified atom stereocenters. The summed E-state index contributed by atoms with van der Waals surface area (Å²) in [5.74, 6) is 0. The van der Waals surface area contributed by atoms with E-state index in [9.17, 15) is 0 Å². The average molecular weight is 716 g/mol. The number of anilines is 2. The fraction of sp³-hybridized carbons (Fsp3) is 0.118. The normalized spacial score (nSPS) is 13.3. The van der Waals surface area contributed by atoms with E-state index in [4.69, 9.17) is 0 Å². The zero-order valence-corrected chi connectivity index (χ0v) is 32.5. The van der Waals surface area contributed by atoms with Crippen molar-refractivity contribution in [2.75, 3.05) is 45.0 Å². The summed E-state index contributed by atoms with van der Waals surface area (Å²) in [4.78, 5) is 4.28. The molecule has 0 saturated heterocycles. The Balaban J connectivity index is 1.44. The molecule has 0 amide bonds. The van der Waals surface area contributed by atoms with E-state index in [-0.39, 0.29) is 0 Å². The van der Waals surface area contributed by atoms with E-state index < -0.39 is 0 Å². The smallest absolute Gasteiger partial charge is 0.221 e. The minimum Gasteiger partial charge on any atom is -0.378 e. The summed E-state index contributed by atoms with van der Waals surface area (Å²) < 4.78 is 4.72. The number of hydrogen-bond donors (Lipinski definition) is 0. The van der Waals surface area contributed by atoms with E-state index in [2.05, 4.69) is 237 Å². The fourth-order valence-electron chi connectivity index (χ4n) is 7.97.